The number of para-hydroxylation sites is 1. The Morgan fingerprint density at radius 2 is 2.14 bits per heavy atom. The number of aromatic hydroxyl groups is 1. The molecule has 3 N–H and O–H groups in total. The molecule has 0 spiro atoms. The van der Waals surface area contributed by atoms with Gasteiger partial charge < -0.3 is 15.7 Å². The van der Waals surface area contributed by atoms with Crippen LogP contribution in [0.2, 0.25) is 0 Å². The molecule has 5 heteroatoms. The summed E-state index contributed by atoms with van der Waals surface area (Å²) in [6.45, 7) is 3.27. The van der Waals surface area contributed by atoms with Crippen LogP contribution in [0.25, 0.3) is 0 Å². The third-order valence-electron chi connectivity index (χ3n) is 3.48. The van der Waals surface area contributed by atoms with E-state index < -0.39 is 0 Å². The van der Waals surface area contributed by atoms with Gasteiger partial charge in [0.1, 0.15) is 5.75 Å². The minimum atomic E-state index is -0.196. The number of phenolic OH excluding ortho intramolecular Hbond substituents is 1. The lowest BCUT2D eigenvalue weighted by Crippen LogP contribution is -2.32. The predicted molar refractivity (Wildman–Crippen MR) is 85.5 cm³/mol. The molecule has 1 amide bonds. The maximum Gasteiger partial charge on any atom is 0.257 e. The highest BCUT2D eigenvalue weighted by atomic mass is 16.3. The zero-order valence-electron chi connectivity index (χ0n) is 12.7. The molecule has 0 aliphatic rings. The summed E-state index contributed by atoms with van der Waals surface area (Å²) in [6.07, 6.45) is 4.14. The number of carbonyl (C=O) groups is 1. The standard InChI is InChI=1S/C17H21N3O2/c1-13-5-2-7-15(16(13)21)17(22)20(10-4-8-18)12-14-6-3-9-19-11-14/h2-3,5-7,9,11,21H,4,8,10,12,18H2,1H3. The smallest absolute Gasteiger partial charge is 0.257 e. The van der Waals surface area contributed by atoms with Gasteiger partial charge in [-0.15, -0.1) is 0 Å². The molecule has 1 aromatic heterocycles. The third kappa shape index (κ3) is 3.83. The molecule has 0 saturated heterocycles. The number of phenols is 1. The molecule has 1 aromatic carbocycles. The van der Waals surface area contributed by atoms with Gasteiger partial charge in [-0.05, 0) is 43.1 Å². The van der Waals surface area contributed by atoms with Crippen molar-refractivity contribution in [1.29, 1.82) is 0 Å². The number of hydrogen-bond donors (Lipinski definition) is 2. The lowest BCUT2D eigenvalue weighted by Gasteiger charge is -2.23. The van der Waals surface area contributed by atoms with Gasteiger partial charge in [0, 0.05) is 25.5 Å². The van der Waals surface area contributed by atoms with Gasteiger partial charge in [0.2, 0.25) is 0 Å². The summed E-state index contributed by atoms with van der Waals surface area (Å²) in [5.74, 6) is -0.157. The van der Waals surface area contributed by atoms with E-state index in [2.05, 4.69) is 4.98 Å². The molecule has 2 rings (SSSR count). The monoisotopic (exact) mass is 299 g/mol. The average Bonchev–Trinajstić information content (AvgIpc) is 2.54. The molecule has 0 unspecified atom stereocenters. The first-order valence-electron chi connectivity index (χ1n) is 7.30. The van der Waals surface area contributed by atoms with Crippen LogP contribution in [0.15, 0.2) is 42.7 Å². The van der Waals surface area contributed by atoms with Crippen LogP contribution in [0.1, 0.15) is 27.9 Å². The molecule has 0 radical (unpaired) electrons. The second-order valence-corrected chi connectivity index (χ2v) is 5.20. The Morgan fingerprint density at radius 3 is 2.82 bits per heavy atom. The zero-order valence-corrected chi connectivity index (χ0v) is 12.7. The Hall–Kier alpha value is -2.40. The summed E-state index contributed by atoms with van der Waals surface area (Å²) >= 11 is 0. The van der Waals surface area contributed by atoms with Gasteiger partial charge >= 0.3 is 0 Å². The molecule has 1 heterocycles. The number of amides is 1. The van der Waals surface area contributed by atoms with Gasteiger partial charge in [-0.25, -0.2) is 0 Å². The number of nitrogens with zero attached hydrogens (tertiary/aromatic N) is 2. The Morgan fingerprint density at radius 1 is 1.32 bits per heavy atom. The molecule has 0 aliphatic heterocycles. The maximum absolute atomic E-state index is 12.7. The number of carbonyl (C=O) groups excluding carboxylic acids is 1. The minimum absolute atomic E-state index is 0.0384. The van der Waals surface area contributed by atoms with Gasteiger partial charge in [-0.3, -0.25) is 9.78 Å². The van der Waals surface area contributed by atoms with Gasteiger partial charge in [0.05, 0.1) is 5.56 Å². The van der Waals surface area contributed by atoms with E-state index in [-0.39, 0.29) is 11.7 Å². The van der Waals surface area contributed by atoms with Crippen LogP contribution >= 0.6 is 0 Å². The van der Waals surface area contributed by atoms with E-state index in [0.717, 1.165) is 5.56 Å². The molecule has 116 valence electrons. The Kier molecular flexibility index (Phi) is 5.49. The van der Waals surface area contributed by atoms with Gasteiger partial charge in [-0.2, -0.15) is 0 Å². The lowest BCUT2D eigenvalue weighted by atomic mass is 10.1. The number of hydrogen-bond acceptors (Lipinski definition) is 4. The predicted octanol–water partition coefficient (Wildman–Crippen LogP) is 2.09. The fourth-order valence-corrected chi connectivity index (χ4v) is 2.25. The number of rotatable bonds is 6. The van der Waals surface area contributed by atoms with Crippen LogP contribution in [-0.4, -0.2) is 34.0 Å². The maximum atomic E-state index is 12.7. The van der Waals surface area contributed by atoms with Crippen molar-refractivity contribution >= 4 is 5.91 Å². The molecular formula is C17H21N3O2. The summed E-state index contributed by atoms with van der Waals surface area (Å²) in [4.78, 5) is 18.5. The second-order valence-electron chi connectivity index (χ2n) is 5.20. The topological polar surface area (TPSA) is 79.5 Å². The van der Waals surface area contributed by atoms with Crippen molar-refractivity contribution in [3.63, 3.8) is 0 Å². The first-order chi connectivity index (χ1) is 10.6. The number of aromatic nitrogens is 1. The van der Waals surface area contributed by atoms with E-state index in [1.165, 1.54) is 0 Å². The normalized spacial score (nSPS) is 10.5. The van der Waals surface area contributed by atoms with Crippen molar-refractivity contribution in [1.82, 2.24) is 9.88 Å². The average molecular weight is 299 g/mol. The Labute approximate surface area is 130 Å². The van der Waals surface area contributed by atoms with Crippen LogP contribution in [0.5, 0.6) is 5.75 Å². The molecule has 2 aromatic rings. The molecule has 0 fully saturated rings. The summed E-state index contributed by atoms with van der Waals surface area (Å²) in [7, 11) is 0. The summed E-state index contributed by atoms with van der Waals surface area (Å²) in [5.41, 5.74) is 7.51. The zero-order chi connectivity index (χ0) is 15.9. The first kappa shape index (κ1) is 16.0. The van der Waals surface area contributed by atoms with Crippen LogP contribution in [0.3, 0.4) is 0 Å². The highest BCUT2D eigenvalue weighted by Crippen LogP contribution is 2.23. The first-order valence-corrected chi connectivity index (χ1v) is 7.30. The quantitative estimate of drug-likeness (QED) is 0.856. The van der Waals surface area contributed by atoms with Crippen molar-refractivity contribution in [3.05, 3.63) is 59.4 Å². The largest absolute Gasteiger partial charge is 0.507 e. The number of nitrogens with two attached hydrogens (primary N) is 1. The van der Waals surface area contributed by atoms with Crippen LogP contribution in [-0.2, 0) is 6.54 Å². The van der Waals surface area contributed by atoms with E-state index in [0.29, 0.717) is 37.2 Å². The fourth-order valence-electron chi connectivity index (χ4n) is 2.25. The van der Waals surface area contributed by atoms with Crippen molar-refractivity contribution in [2.75, 3.05) is 13.1 Å². The highest BCUT2D eigenvalue weighted by molar-refractivity contribution is 5.97. The molecule has 0 atom stereocenters. The Balaban J connectivity index is 2.24. The summed E-state index contributed by atoms with van der Waals surface area (Å²) < 4.78 is 0. The fraction of sp³-hybridized carbons (Fsp3) is 0.294. The molecule has 22 heavy (non-hydrogen) atoms. The molecule has 0 bridgehead atoms. The SMILES string of the molecule is Cc1cccc(C(=O)N(CCCN)Cc2cccnc2)c1O. The molecule has 0 saturated carbocycles. The summed E-state index contributed by atoms with van der Waals surface area (Å²) in [6, 6.07) is 8.95. The minimum Gasteiger partial charge on any atom is -0.507 e. The van der Waals surface area contributed by atoms with Gasteiger partial charge in [0.25, 0.3) is 5.91 Å². The Bertz CT molecular complexity index is 629. The third-order valence-corrected chi connectivity index (χ3v) is 3.48. The van der Waals surface area contributed by atoms with Crippen LogP contribution in [0.4, 0.5) is 0 Å². The van der Waals surface area contributed by atoms with Gasteiger partial charge in [-0.1, -0.05) is 18.2 Å². The summed E-state index contributed by atoms with van der Waals surface area (Å²) in [5, 5.41) is 10.1. The van der Waals surface area contributed by atoms with E-state index in [1.807, 2.05) is 12.1 Å². The van der Waals surface area contributed by atoms with E-state index in [9.17, 15) is 9.90 Å². The number of pyridine rings is 1. The van der Waals surface area contributed by atoms with Crippen molar-refractivity contribution in [2.45, 2.75) is 19.9 Å². The number of benzene rings is 1. The second kappa shape index (κ2) is 7.56. The lowest BCUT2D eigenvalue weighted by molar-refractivity contribution is 0.0739. The van der Waals surface area contributed by atoms with Crippen LogP contribution in [0, 0.1) is 6.92 Å². The highest BCUT2D eigenvalue weighted by Gasteiger charge is 2.19. The van der Waals surface area contributed by atoms with E-state index in [1.54, 1.807) is 42.4 Å². The van der Waals surface area contributed by atoms with E-state index >= 15 is 0 Å². The van der Waals surface area contributed by atoms with E-state index in [4.69, 9.17) is 5.73 Å². The van der Waals surface area contributed by atoms with Crippen LogP contribution < -0.4 is 5.73 Å². The van der Waals surface area contributed by atoms with Crippen molar-refractivity contribution in [3.8, 4) is 5.75 Å². The molecule has 0 aliphatic carbocycles. The molecule has 5 nitrogen and oxygen atoms in total. The molecular weight excluding hydrogens is 278 g/mol. The van der Waals surface area contributed by atoms with Crippen molar-refractivity contribution in [2.24, 2.45) is 5.73 Å². The van der Waals surface area contributed by atoms with Gasteiger partial charge in [0.15, 0.2) is 0 Å². The number of aryl methyl sites for hydroxylation is 1. The van der Waals surface area contributed by atoms with Crippen molar-refractivity contribution < 1.29 is 9.90 Å².